The molecule has 5 heteroatoms. The van der Waals surface area contributed by atoms with Crippen molar-refractivity contribution in [3.05, 3.63) is 0 Å². The van der Waals surface area contributed by atoms with Gasteiger partial charge in [-0.2, -0.15) is 13.2 Å². The highest BCUT2D eigenvalue weighted by Gasteiger charge is 2.44. The van der Waals surface area contributed by atoms with E-state index in [-0.39, 0.29) is 11.8 Å². The van der Waals surface area contributed by atoms with Gasteiger partial charge in [-0.05, 0) is 37.5 Å². The molecule has 1 aliphatic carbocycles. The molecular formula is C13H23F3O2. The molecule has 0 aliphatic heterocycles. The molecule has 1 atom stereocenters. The quantitative estimate of drug-likeness (QED) is 0.843. The van der Waals surface area contributed by atoms with E-state index in [0.717, 1.165) is 12.8 Å². The summed E-state index contributed by atoms with van der Waals surface area (Å²) >= 11 is 0. The summed E-state index contributed by atoms with van der Waals surface area (Å²) in [7, 11) is 1.48. The first-order valence-electron chi connectivity index (χ1n) is 6.40. The Hall–Kier alpha value is -0.290. The van der Waals surface area contributed by atoms with Crippen LogP contribution in [0.5, 0.6) is 0 Å². The number of alkyl halides is 3. The van der Waals surface area contributed by atoms with Gasteiger partial charge in [0.2, 0.25) is 0 Å². The van der Waals surface area contributed by atoms with Gasteiger partial charge in [0.05, 0.1) is 11.7 Å². The van der Waals surface area contributed by atoms with Crippen LogP contribution in [0.2, 0.25) is 0 Å². The lowest BCUT2D eigenvalue weighted by Gasteiger charge is -2.45. The molecule has 0 aromatic carbocycles. The number of rotatable bonds is 4. The summed E-state index contributed by atoms with van der Waals surface area (Å²) in [6.07, 6.45) is -3.52. The zero-order valence-corrected chi connectivity index (χ0v) is 11.3. The normalized spacial score (nSPS) is 24.8. The van der Waals surface area contributed by atoms with Gasteiger partial charge in [-0.3, -0.25) is 0 Å². The van der Waals surface area contributed by atoms with E-state index < -0.39 is 24.3 Å². The average Bonchev–Trinajstić information content (AvgIpc) is 2.26. The monoisotopic (exact) mass is 268 g/mol. The molecule has 1 saturated carbocycles. The van der Waals surface area contributed by atoms with Gasteiger partial charge in [0.25, 0.3) is 0 Å². The van der Waals surface area contributed by atoms with E-state index in [2.05, 4.69) is 13.8 Å². The lowest BCUT2D eigenvalue weighted by Crippen LogP contribution is -2.48. The summed E-state index contributed by atoms with van der Waals surface area (Å²) in [5.41, 5.74) is -0.605. The zero-order valence-electron chi connectivity index (χ0n) is 11.3. The first kappa shape index (κ1) is 15.8. The van der Waals surface area contributed by atoms with E-state index in [1.54, 1.807) is 0 Å². The van der Waals surface area contributed by atoms with Crippen molar-refractivity contribution >= 4 is 0 Å². The number of hydrogen-bond acceptors (Lipinski definition) is 2. The number of hydrogen-bond donors (Lipinski definition) is 1. The van der Waals surface area contributed by atoms with Crippen molar-refractivity contribution in [2.45, 2.75) is 70.3 Å². The van der Waals surface area contributed by atoms with Gasteiger partial charge in [0.15, 0.2) is 0 Å². The highest BCUT2D eigenvalue weighted by molar-refractivity contribution is 4.95. The fraction of sp³-hybridized carbons (Fsp3) is 1.00. The zero-order chi connectivity index (χ0) is 14.0. The highest BCUT2D eigenvalue weighted by atomic mass is 19.4. The number of aliphatic hydroxyl groups is 1. The molecule has 1 rings (SSSR count). The van der Waals surface area contributed by atoms with Gasteiger partial charge in [-0.1, -0.05) is 13.8 Å². The molecule has 2 nitrogen and oxygen atoms in total. The summed E-state index contributed by atoms with van der Waals surface area (Å²) in [6.45, 7) is 4.27. The summed E-state index contributed by atoms with van der Waals surface area (Å²) in [4.78, 5) is 0. The van der Waals surface area contributed by atoms with Crippen molar-refractivity contribution in [1.29, 1.82) is 0 Å². The molecule has 1 aliphatic rings. The lowest BCUT2D eigenvalue weighted by molar-refractivity contribution is -0.166. The maximum atomic E-state index is 12.2. The van der Waals surface area contributed by atoms with Crippen LogP contribution in [-0.4, -0.2) is 30.1 Å². The predicted octanol–water partition coefficient (Wildman–Crippen LogP) is 3.68. The van der Waals surface area contributed by atoms with E-state index >= 15 is 0 Å². The van der Waals surface area contributed by atoms with Crippen molar-refractivity contribution in [2.24, 2.45) is 5.41 Å². The highest BCUT2D eigenvalue weighted by Crippen LogP contribution is 2.44. The van der Waals surface area contributed by atoms with Crippen LogP contribution in [0.25, 0.3) is 0 Å². The molecule has 0 amide bonds. The van der Waals surface area contributed by atoms with Gasteiger partial charge >= 0.3 is 6.18 Å². The second kappa shape index (κ2) is 5.37. The minimum absolute atomic E-state index is 0.186. The molecule has 0 saturated heterocycles. The first-order chi connectivity index (χ1) is 8.10. The van der Waals surface area contributed by atoms with Crippen molar-refractivity contribution in [1.82, 2.24) is 0 Å². The van der Waals surface area contributed by atoms with Crippen molar-refractivity contribution in [3.8, 4) is 0 Å². The smallest absolute Gasteiger partial charge is 0.389 e. The van der Waals surface area contributed by atoms with Gasteiger partial charge in [0, 0.05) is 13.5 Å². The molecule has 0 aromatic rings. The molecule has 108 valence electrons. The van der Waals surface area contributed by atoms with Gasteiger partial charge in [0.1, 0.15) is 0 Å². The molecule has 0 spiro atoms. The topological polar surface area (TPSA) is 29.5 Å². The van der Waals surface area contributed by atoms with E-state index in [1.807, 2.05) is 0 Å². The Kier molecular flexibility index (Phi) is 4.70. The number of ether oxygens (including phenoxy) is 1. The van der Waals surface area contributed by atoms with Crippen LogP contribution in [0, 0.1) is 5.41 Å². The molecule has 1 unspecified atom stereocenters. The fourth-order valence-corrected chi connectivity index (χ4v) is 2.59. The van der Waals surface area contributed by atoms with Crippen molar-refractivity contribution in [2.75, 3.05) is 7.11 Å². The summed E-state index contributed by atoms with van der Waals surface area (Å²) < 4.78 is 41.9. The number of methoxy groups -OCH3 is 1. The van der Waals surface area contributed by atoms with E-state index in [0.29, 0.717) is 12.8 Å². The Morgan fingerprint density at radius 2 is 1.67 bits per heavy atom. The predicted molar refractivity (Wildman–Crippen MR) is 63.3 cm³/mol. The van der Waals surface area contributed by atoms with Gasteiger partial charge in [-0.15, -0.1) is 0 Å². The van der Waals surface area contributed by atoms with Crippen LogP contribution in [0.15, 0.2) is 0 Å². The maximum absolute atomic E-state index is 12.2. The second-order valence-electron chi connectivity index (χ2n) is 6.10. The van der Waals surface area contributed by atoms with Crippen LogP contribution < -0.4 is 0 Å². The Balaban J connectivity index is 2.60. The Morgan fingerprint density at radius 3 is 2.06 bits per heavy atom. The third-order valence-corrected chi connectivity index (χ3v) is 4.16. The van der Waals surface area contributed by atoms with Crippen molar-refractivity contribution in [3.63, 3.8) is 0 Å². The number of aliphatic hydroxyl groups excluding tert-OH is 1. The van der Waals surface area contributed by atoms with Crippen molar-refractivity contribution < 1.29 is 23.0 Å². The third-order valence-electron chi connectivity index (χ3n) is 4.16. The lowest BCUT2D eigenvalue weighted by atomic mass is 9.68. The molecule has 0 heterocycles. The van der Waals surface area contributed by atoms with Crippen LogP contribution in [0.1, 0.15) is 52.4 Å². The maximum Gasteiger partial charge on any atom is 0.389 e. The summed E-state index contributed by atoms with van der Waals surface area (Å²) in [5, 5.41) is 10.0. The molecule has 1 fully saturated rings. The average molecular weight is 268 g/mol. The molecule has 1 N–H and O–H groups in total. The molecular weight excluding hydrogens is 245 g/mol. The largest absolute Gasteiger partial charge is 0.390 e. The molecule has 0 aromatic heterocycles. The van der Waals surface area contributed by atoms with E-state index in [4.69, 9.17) is 4.74 Å². The summed E-state index contributed by atoms with van der Waals surface area (Å²) in [5.74, 6) is 0. The van der Waals surface area contributed by atoms with E-state index in [9.17, 15) is 18.3 Å². The third kappa shape index (κ3) is 4.12. The van der Waals surface area contributed by atoms with Crippen LogP contribution >= 0.6 is 0 Å². The van der Waals surface area contributed by atoms with E-state index in [1.165, 1.54) is 7.11 Å². The Morgan fingerprint density at radius 1 is 1.17 bits per heavy atom. The van der Waals surface area contributed by atoms with Crippen LogP contribution in [0.4, 0.5) is 13.2 Å². The SMILES string of the molecule is COC1(C(O)CCC(F)(F)F)CCC(C)(C)CC1. The molecule has 0 bridgehead atoms. The Bertz CT molecular complexity index is 264. The Labute approximate surface area is 107 Å². The fourth-order valence-electron chi connectivity index (χ4n) is 2.59. The van der Waals surface area contributed by atoms with Crippen LogP contribution in [-0.2, 0) is 4.74 Å². The number of halogens is 3. The van der Waals surface area contributed by atoms with Gasteiger partial charge < -0.3 is 9.84 Å². The molecule has 18 heavy (non-hydrogen) atoms. The van der Waals surface area contributed by atoms with Gasteiger partial charge in [-0.25, -0.2) is 0 Å². The van der Waals surface area contributed by atoms with Crippen LogP contribution in [0.3, 0.4) is 0 Å². The molecule has 0 radical (unpaired) electrons. The second-order valence-corrected chi connectivity index (χ2v) is 6.10. The first-order valence-corrected chi connectivity index (χ1v) is 6.40. The minimum atomic E-state index is -4.22. The summed E-state index contributed by atoms with van der Waals surface area (Å²) in [6, 6.07) is 0. The standard InChI is InChI=1S/C13H23F3O2/c1-11(2)6-8-12(18-3,9-7-11)10(17)4-5-13(14,15)16/h10,17H,4-9H2,1-3H3. The minimum Gasteiger partial charge on any atom is -0.390 e.